The van der Waals surface area contributed by atoms with E-state index in [1.54, 1.807) is 5.56 Å². The summed E-state index contributed by atoms with van der Waals surface area (Å²) in [6.07, 6.45) is 17.8. The Kier molecular flexibility index (Phi) is 7.33. The van der Waals surface area contributed by atoms with Gasteiger partial charge in [0.1, 0.15) is 6.10 Å². The molecule has 3 heteroatoms. The van der Waals surface area contributed by atoms with Crippen LogP contribution in [0.1, 0.15) is 95.3 Å². The molecule has 166 valence electrons. The molecule has 1 aliphatic heterocycles. The molecule has 4 aliphatic rings. The quantitative estimate of drug-likeness (QED) is 0.327. The van der Waals surface area contributed by atoms with Crippen LogP contribution in [0.15, 0.2) is 36.4 Å². The lowest BCUT2D eigenvalue weighted by Crippen LogP contribution is -2.44. The highest BCUT2D eigenvalue weighted by Crippen LogP contribution is 2.59. The maximum absolute atomic E-state index is 6.04. The summed E-state index contributed by atoms with van der Waals surface area (Å²) in [4.78, 5) is 0. The zero-order valence-electron chi connectivity index (χ0n) is 19.0. The summed E-state index contributed by atoms with van der Waals surface area (Å²) in [7, 11) is 0. The first-order valence-electron chi connectivity index (χ1n) is 12.3. The number of fused-ring (bicyclic) bond motifs is 3. The minimum absolute atomic E-state index is 0.0158. The molecule has 1 saturated heterocycles. The number of allylic oxidation sites excluding steroid dienone is 1. The van der Waals surface area contributed by atoms with Gasteiger partial charge in [0.15, 0.2) is 6.29 Å². The summed E-state index contributed by atoms with van der Waals surface area (Å²) in [5.74, 6) is 0. The SMILES string of the molecule is CC=CCO[C@H]1CO[C@H](c2ccc(C34CCC(CCCCC)(CC3)CC4)cc2)CO1. The minimum Gasteiger partial charge on any atom is -0.366 e. The molecule has 1 heterocycles. The van der Waals surface area contributed by atoms with E-state index >= 15 is 0 Å². The zero-order valence-corrected chi connectivity index (χ0v) is 19.0. The van der Waals surface area contributed by atoms with Crippen molar-refractivity contribution < 1.29 is 14.2 Å². The first-order chi connectivity index (χ1) is 14.7. The lowest BCUT2D eigenvalue weighted by Gasteiger charge is -2.54. The molecule has 3 aliphatic carbocycles. The second kappa shape index (κ2) is 9.97. The Morgan fingerprint density at radius 3 is 2.30 bits per heavy atom. The van der Waals surface area contributed by atoms with Gasteiger partial charge >= 0.3 is 0 Å². The van der Waals surface area contributed by atoms with Crippen LogP contribution in [-0.4, -0.2) is 26.1 Å². The van der Waals surface area contributed by atoms with E-state index in [4.69, 9.17) is 14.2 Å². The third kappa shape index (κ3) is 4.84. The highest BCUT2D eigenvalue weighted by molar-refractivity contribution is 5.32. The largest absolute Gasteiger partial charge is 0.366 e. The Balaban J connectivity index is 1.31. The van der Waals surface area contributed by atoms with E-state index in [9.17, 15) is 0 Å². The Morgan fingerprint density at radius 2 is 1.70 bits per heavy atom. The highest BCUT2D eigenvalue weighted by Gasteiger charge is 2.48. The van der Waals surface area contributed by atoms with Crippen LogP contribution in [0.25, 0.3) is 0 Å². The smallest absolute Gasteiger partial charge is 0.181 e. The molecule has 0 unspecified atom stereocenters. The molecule has 3 nitrogen and oxygen atoms in total. The van der Waals surface area contributed by atoms with Crippen LogP contribution in [0.2, 0.25) is 0 Å². The molecular formula is C27H40O3. The summed E-state index contributed by atoms with van der Waals surface area (Å²) >= 11 is 0. The number of rotatable bonds is 9. The van der Waals surface area contributed by atoms with Crippen molar-refractivity contribution in [3.8, 4) is 0 Å². The molecule has 2 atom stereocenters. The number of benzene rings is 1. The van der Waals surface area contributed by atoms with Gasteiger partial charge in [-0.05, 0) is 73.8 Å². The van der Waals surface area contributed by atoms with E-state index in [0.717, 1.165) is 0 Å². The van der Waals surface area contributed by atoms with Crippen LogP contribution in [0, 0.1) is 5.41 Å². The van der Waals surface area contributed by atoms with Gasteiger partial charge in [-0.2, -0.15) is 0 Å². The fourth-order valence-electron chi connectivity index (χ4n) is 5.91. The molecule has 1 aromatic carbocycles. The summed E-state index contributed by atoms with van der Waals surface area (Å²) in [6.45, 7) is 5.94. The van der Waals surface area contributed by atoms with Gasteiger partial charge in [-0.3, -0.25) is 0 Å². The van der Waals surface area contributed by atoms with Crippen LogP contribution in [-0.2, 0) is 19.6 Å². The van der Waals surface area contributed by atoms with E-state index < -0.39 is 0 Å². The van der Waals surface area contributed by atoms with E-state index in [1.807, 2.05) is 19.1 Å². The van der Waals surface area contributed by atoms with Crippen molar-refractivity contribution in [2.24, 2.45) is 5.41 Å². The molecule has 0 amide bonds. The van der Waals surface area contributed by atoms with Gasteiger partial charge in [-0.15, -0.1) is 0 Å². The fraction of sp³-hybridized carbons (Fsp3) is 0.704. The number of hydrogen-bond donors (Lipinski definition) is 0. The van der Waals surface area contributed by atoms with E-state index in [2.05, 4.69) is 31.2 Å². The predicted octanol–water partition coefficient (Wildman–Crippen LogP) is 6.87. The van der Waals surface area contributed by atoms with Crippen molar-refractivity contribution in [2.75, 3.05) is 19.8 Å². The second-order valence-corrected chi connectivity index (χ2v) is 9.85. The highest BCUT2D eigenvalue weighted by atomic mass is 16.7. The molecule has 3 saturated carbocycles. The van der Waals surface area contributed by atoms with Crippen LogP contribution in [0.5, 0.6) is 0 Å². The third-order valence-electron chi connectivity index (χ3n) is 8.09. The molecule has 0 radical (unpaired) electrons. The molecule has 0 aromatic heterocycles. The Hall–Kier alpha value is -1.16. The first kappa shape index (κ1) is 22.0. The molecule has 1 aromatic rings. The van der Waals surface area contributed by atoms with E-state index in [0.29, 0.717) is 30.7 Å². The summed E-state index contributed by atoms with van der Waals surface area (Å²) in [6, 6.07) is 9.30. The van der Waals surface area contributed by atoms with E-state index in [-0.39, 0.29) is 12.4 Å². The van der Waals surface area contributed by atoms with Gasteiger partial charge in [-0.25, -0.2) is 0 Å². The van der Waals surface area contributed by atoms with Gasteiger partial charge in [0.05, 0.1) is 19.8 Å². The Morgan fingerprint density at radius 1 is 0.967 bits per heavy atom. The topological polar surface area (TPSA) is 27.7 Å². The standard InChI is InChI=1S/C27H40O3/c1-3-5-7-12-26-13-16-27(17-14-26,18-15-26)23-10-8-22(9-11-23)24-20-30-25(21-29-24)28-19-6-4-2/h4,6,8-11,24-25H,3,5,7,12-21H2,1-2H3/t24-,25+,26?,27?/m0/s1. The fourth-order valence-corrected chi connectivity index (χ4v) is 5.91. The monoisotopic (exact) mass is 412 g/mol. The molecule has 30 heavy (non-hydrogen) atoms. The predicted molar refractivity (Wildman–Crippen MR) is 122 cm³/mol. The van der Waals surface area contributed by atoms with Crippen LogP contribution in [0.3, 0.4) is 0 Å². The maximum Gasteiger partial charge on any atom is 0.181 e. The van der Waals surface area contributed by atoms with Crippen molar-refractivity contribution in [1.82, 2.24) is 0 Å². The minimum atomic E-state index is -0.252. The van der Waals surface area contributed by atoms with Crippen molar-refractivity contribution >= 4 is 0 Å². The zero-order chi connectivity index (χ0) is 20.9. The van der Waals surface area contributed by atoms with Crippen LogP contribution >= 0.6 is 0 Å². The molecule has 0 N–H and O–H groups in total. The van der Waals surface area contributed by atoms with Crippen molar-refractivity contribution in [1.29, 1.82) is 0 Å². The van der Waals surface area contributed by atoms with Crippen LogP contribution in [0.4, 0.5) is 0 Å². The average Bonchev–Trinajstić information content (AvgIpc) is 2.81. The Bertz CT molecular complexity index is 660. The van der Waals surface area contributed by atoms with Crippen molar-refractivity contribution in [3.05, 3.63) is 47.5 Å². The lowest BCUT2D eigenvalue weighted by atomic mass is 9.51. The lowest BCUT2D eigenvalue weighted by molar-refractivity contribution is -0.232. The summed E-state index contributed by atoms with van der Waals surface area (Å²) in [5, 5.41) is 0. The van der Waals surface area contributed by atoms with Gasteiger partial charge in [0.25, 0.3) is 0 Å². The Labute approximate surface area is 183 Å². The average molecular weight is 413 g/mol. The third-order valence-corrected chi connectivity index (χ3v) is 8.09. The number of hydrogen-bond acceptors (Lipinski definition) is 3. The van der Waals surface area contributed by atoms with Gasteiger partial charge in [0.2, 0.25) is 0 Å². The maximum atomic E-state index is 6.04. The van der Waals surface area contributed by atoms with Gasteiger partial charge in [-0.1, -0.05) is 62.6 Å². The summed E-state index contributed by atoms with van der Waals surface area (Å²) < 4.78 is 17.5. The van der Waals surface area contributed by atoms with Gasteiger partial charge in [0, 0.05) is 0 Å². The van der Waals surface area contributed by atoms with E-state index in [1.165, 1.54) is 69.8 Å². The molecule has 4 fully saturated rings. The van der Waals surface area contributed by atoms with Crippen molar-refractivity contribution in [3.63, 3.8) is 0 Å². The second-order valence-electron chi connectivity index (χ2n) is 9.85. The molecular weight excluding hydrogens is 372 g/mol. The van der Waals surface area contributed by atoms with Crippen molar-refractivity contribution in [2.45, 2.75) is 95.9 Å². The normalized spacial score (nSPS) is 33.9. The molecule has 2 bridgehead atoms. The van der Waals surface area contributed by atoms with Gasteiger partial charge < -0.3 is 14.2 Å². The number of unbranched alkanes of at least 4 members (excludes halogenated alkanes) is 2. The molecule has 0 spiro atoms. The van der Waals surface area contributed by atoms with Crippen LogP contribution < -0.4 is 0 Å². The molecule has 5 rings (SSSR count). The summed E-state index contributed by atoms with van der Waals surface area (Å²) in [5.41, 5.74) is 3.89. The number of ether oxygens (including phenoxy) is 3. The first-order valence-corrected chi connectivity index (χ1v) is 12.3.